The summed E-state index contributed by atoms with van der Waals surface area (Å²) in [7, 11) is 1.61. The van der Waals surface area contributed by atoms with Gasteiger partial charge in [-0.15, -0.1) is 0 Å². The van der Waals surface area contributed by atoms with Crippen LogP contribution in [0.1, 0.15) is 11.1 Å². The van der Waals surface area contributed by atoms with Crippen LogP contribution in [0.25, 0.3) is 0 Å². The Hall–Kier alpha value is -4.27. The summed E-state index contributed by atoms with van der Waals surface area (Å²) in [5, 5.41) is 7.45. The number of pyridine rings is 1. The van der Waals surface area contributed by atoms with Crippen molar-refractivity contribution in [1.29, 1.82) is 0 Å². The number of nitrogens with two attached hydrogens (primary N) is 1. The highest BCUT2D eigenvalue weighted by Gasteiger charge is 2.13. The summed E-state index contributed by atoms with van der Waals surface area (Å²) in [6.45, 7) is 0.788. The van der Waals surface area contributed by atoms with E-state index in [1.165, 1.54) is 6.34 Å². The van der Waals surface area contributed by atoms with Crippen LogP contribution >= 0.6 is 0 Å². The van der Waals surface area contributed by atoms with Crippen LogP contribution in [0, 0.1) is 0 Å². The molecule has 2 heterocycles. The molecule has 0 unspecified atom stereocenters. The molecule has 1 aliphatic rings. The number of fused-ring (bicyclic) bond motifs is 1. The molecule has 0 radical (unpaired) electrons. The molecule has 31 heavy (non-hydrogen) atoms. The zero-order valence-electron chi connectivity index (χ0n) is 16.9. The zero-order valence-corrected chi connectivity index (χ0v) is 16.9. The van der Waals surface area contributed by atoms with E-state index in [-0.39, 0.29) is 12.6 Å². The molecule has 0 fully saturated rings. The summed E-state index contributed by atoms with van der Waals surface area (Å²) >= 11 is 0. The molecule has 0 spiro atoms. The van der Waals surface area contributed by atoms with E-state index in [1.807, 2.05) is 48.5 Å². The van der Waals surface area contributed by atoms with Crippen molar-refractivity contribution in [2.75, 3.05) is 19.2 Å². The number of amidine groups is 1. The Balaban J connectivity index is 1.40. The lowest BCUT2D eigenvalue weighted by Gasteiger charge is -2.11. The van der Waals surface area contributed by atoms with Gasteiger partial charge in [-0.3, -0.25) is 5.43 Å². The summed E-state index contributed by atoms with van der Waals surface area (Å²) in [5.41, 5.74) is 11.3. The van der Waals surface area contributed by atoms with Crippen molar-refractivity contribution in [3.63, 3.8) is 0 Å². The minimum atomic E-state index is 0.248. The molecule has 1 aromatic heterocycles. The largest absolute Gasteiger partial charge is 0.497 e. The number of nitrogens with one attached hydrogen (secondary N) is 2. The summed E-state index contributed by atoms with van der Waals surface area (Å²) in [5.74, 6) is 3.11. The summed E-state index contributed by atoms with van der Waals surface area (Å²) in [6, 6.07) is 16.8. The van der Waals surface area contributed by atoms with Gasteiger partial charge in [0.2, 0.25) is 6.79 Å². The van der Waals surface area contributed by atoms with Crippen LogP contribution in [0.4, 0.5) is 11.5 Å². The van der Waals surface area contributed by atoms with Crippen LogP contribution in [0.15, 0.2) is 70.9 Å². The van der Waals surface area contributed by atoms with E-state index in [2.05, 4.69) is 25.8 Å². The van der Waals surface area contributed by atoms with E-state index in [0.717, 1.165) is 28.5 Å². The number of methoxy groups -OCH3 is 1. The number of benzene rings is 2. The highest BCUT2D eigenvalue weighted by atomic mass is 16.7. The second-order valence-electron chi connectivity index (χ2n) is 6.53. The van der Waals surface area contributed by atoms with Crippen LogP contribution in [0.2, 0.25) is 0 Å². The molecular formula is C22H22N6O3. The van der Waals surface area contributed by atoms with Gasteiger partial charge in [0.25, 0.3) is 0 Å². The Morgan fingerprint density at radius 2 is 2.06 bits per heavy atom. The van der Waals surface area contributed by atoms with Crippen LogP contribution < -0.4 is 30.7 Å². The van der Waals surface area contributed by atoms with Crippen LogP contribution in [-0.2, 0) is 6.54 Å². The fraction of sp³-hybridized carbons (Fsp3) is 0.136. The lowest BCUT2D eigenvalue weighted by Crippen LogP contribution is -2.20. The van der Waals surface area contributed by atoms with Crippen LogP contribution in [0.5, 0.6) is 17.2 Å². The number of rotatable bonds is 8. The lowest BCUT2D eigenvalue weighted by atomic mass is 10.2. The third-order valence-electron chi connectivity index (χ3n) is 4.49. The normalized spacial score (nSPS) is 12.7. The van der Waals surface area contributed by atoms with E-state index >= 15 is 0 Å². The van der Waals surface area contributed by atoms with Crippen LogP contribution in [-0.4, -0.2) is 31.1 Å². The van der Waals surface area contributed by atoms with Gasteiger partial charge in [0.1, 0.15) is 17.9 Å². The minimum absolute atomic E-state index is 0.248. The van der Waals surface area contributed by atoms with Gasteiger partial charge in [0, 0.05) is 18.8 Å². The average molecular weight is 418 g/mol. The predicted octanol–water partition coefficient (Wildman–Crippen LogP) is 3.00. The molecule has 0 atom stereocenters. The first kappa shape index (κ1) is 20.0. The Bertz CT molecular complexity index is 1120. The molecule has 0 amide bonds. The lowest BCUT2D eigenvalue weighted by molar-refractivity contribution is 0.174. The van der Waals surface area contributed by atoms with Crippen molar-refractivity contribution in [1.82, 2.24) is 10.4 Å². The van der Waals surface area contributed by atoms with Gasteiger partial charge >= 0.3 is 0 Å². The number of hydrazone groups is 1. The van der Waals surface area contributed by atoms with E-state index in [4.69, 9.17) is 19.9 Å². The molecule has 4 N–H and O–H groups in total. The number of hydrogen-bond donors (Lipinski definition) is 3. The Morgan fingerprint density at radius 3 is 2.97 bits per heavy atom. The van der Waals surface area contributed by atoms with E-state index < -0.39 is 0 Å². The molecule has 0 saturated carbocycles. The van der Waals surface area contributed by atoms with Gasteiger partial charge < -0.3 is 25.3 Å². The molecule has 9 heteroatoms. The van der Waals surface area contributed by atoms with Gasteiger partial charge in [0.15, 0.2) is 17.3 Å². The van der Waals surface area contributed by atoms with Crippen molar-refractivity contribution < 1.29 is 14.2 Å². The highest BCUT2D eigenvalue weighted by molar-refractivity contribution is 6.01. The van der Waals surface area contributed by atoms with E-state index in [1.54, 1.807) is 19.4 Å². The molecule has 3 aromatic rings. The minimum Gasteiger partial charge on any atom is -0.497 e. The number of aromatic nitrogens is 1. The molecule has 1 aliphatic heterocycles. The van der Waals surface area contributed by atoms with Gasteiger partial charge in [-0.2, -0.15) is 5.10 Å². The quantitative estimate of drug-likeness (QED) is 0.293. The maximum absolute atomic E-state index is 6.15. The molecule has 9 nitrogen and oxygen atoms in total. The Kier molecular flexibility index (Phi) is 6.13. The van der Waals surface area contributed by atoms with Gasteiger partial charge in [-0.1, -0.05) is 12.1 Å². The first-order valence-electron chi connectivity index (χ1n) is 9.56. The molecule has 158 valence electrons. The van der Waals surface area contributed by atoms with Crippen molar-refractivity contribution in [2.24, 2.45) is 15.8 Å². The Morgan fingerprint density at radius 1 is 1.16 bits per heavy atom. The topological polar surface area (TPSA) is 115 Å². The maximum Gasteiger partial charge on any atom is 0.231 e. The number of nitrogens with zero attached hydrogens (tertiary/aromatic N) is 3. The molecule has 4 rings (SSSR count). The number of hydrogen-bond acceptors (Lipinski definition) is 7. The smallest absolute Gasteiger partial charge is 0.231 e. The average Bonchev–Trinajstić information content (AvgIpc) is 3.28. The van der Waals surface area contributed by atoms with Crippen LogP contribution in [0.3, 0.4) is 0 Å². The van der Waals surface area contributed by atoms with Gasteiger partial charge in [-0.25, -0.2) is 9.98 Å². The summed E-state index contributed by atoms with van der Waals surface area (Å²) in [4.78, 5) is 8.65. The highest BCUT2D eigenvalue weighted by Crippen LogP contribution is 2.32. The SMILES string of the molecule is COc1cccc(N=CN/N=C(\N)c2cccnc2NCc2ccc3c(c2)OCO3)c1. The second kappa shape index (κ2) is 9.49. The molecule has 2 aromatic carbocycles. The second-order valence-corrected chi connectivity index (χ2v) is 6.53. The number of ether oxygens (including phenoxy) is 3. The standard InChI is InChI=1S/C22H22N6O3/c1-29-17-5-2-4-16(11-17)26-13-27-28-21(23)18-6-3-9-24-22(18)25-12-15-7-8-19-20(10-15)31-14-30-19/h2-11,13H,12,14H2,1H3,(H2,23,28)(H,24,25)(H,26,27). The zero-order chi connectivity index (χ0) is 21.5. The van der Waals surface area contributed by atoms with Crippen molar-refractivity contribution >= 4 is 23.7 Å². The number of anilines is 1. The molecule has 0 saturated heterocycles. The molecule has 0 aliphatic carbocycles. The fourth-order valence-electron chi connectivity index (χ4n) is 2.94. The number of aliphatic imine (C=N–C) groups is 1. The van der Waals surface area contributed by atoms with Gasteiger partial charge in [0.05, 0.1) is 18.4 Å². The summed E-state index contributed by atoms with van der Waals surface area (Å²) in [6.07, 6.45) is 3.15. The van der Waals surface area contributed by atoms with Crippen molar-refractivity contribution in [3.05, 3.63) is 71.9 Å². The third kappa shape index (κ3) is 5.02. The van der Waals surface area contributed by atoms with Gasteiger partial charge in [-0.05, 0) is 42.0 Å². The first-order valence-corrected chi connectivity index (χ1v) is 9.56. The maximum atomic E-state index is 6.15. The monoisotopic (exact) mass is 418 g/mol. The third-order valence-corrected chi connectivity index (χ3v) is 4.49. The first-order chi connectivity index (χ1) is 15.2. The van der Waals surface area contributed by atoms with E-state index in [9.17, 15) is 0 Å². The predicted molar refractivity (Wildman–Crippen MR) is 119 cm³/mol. The molecule has 0 bridgehead atoms. The summed E-state index contributed by atoms with van der Waals surface area (Å²) < 4.78 is 15.9. The van der Waals surface area contributed by atoms with E-state index in [0.29, 0.717) is 17.9 Å². The fourth-order valence-corrected chi connectivity index (χ4v) is 2.94. The molecular weight excluding hydrogens is 396 g/mol. The van der Waals surface area contributed by atoms with Crippen molar-refractivity contribution in [3.8, 4) is 17.2 Å². The Labute approximate surface area is 179 Å². The van der Waals surface area contributed by atoms with Crippen molar-refractivity contribution in [2.45, 2.75) is 6.54 Å².